The van der Waals surface area contributed by atoms with Crippen LogP contribution in [-0.2, 0) is 9.53 Å². The van der Waals surface area contributed by atoms with E-state index < -0.39 is 5.97 Å². The van der Waals surface area contributed by atoms with E-state index >= 15 is 0 Å². The van der Waals surface area contributed by atoms with Crippen LogP contribution in [0.15, 0.2) is 24.3 Å². The summed E-state index contributed by atoms with van der Waals surface area (Å²) in [5.74, 6) is -0.337. The summed E-state index contributed by atoms with van der Waals surface area (Å²) in [5.41, 5.74) is 0.569. The van der Waals surface area contributed by atoms with Crippen LogP contribution in [0.5, 0.6) is 5.75 Å². The molecule has 0 amide bonds. The summed E-state index contributed by atoms with van der Waals surface area (Å²) >= 11 is 0. The topological polar surface area (TPSA) is 72.8 Å². The summed E-state index contributed by atoms with van der Waals surface area (Å²) in [5, 5.41) is 8.33. The van der Waals surface area contributed by atoms with E-state index in [4.69, 9.17) is 14.6 Å². The van der Waals surface area contributed by atoms with Crippen molar-refractivity contribution in [3.05, 3.63) is 29.8 Å². The normalized spacial score (nSPS) is 9.75. The second-order valence-electron chi connectivity index (χ2n) is 3.00. The molecule has 0 fully saturated rings. The Bertz CT molecular complexity index is 344. The number of carboxylic acid groups (broad SMARTS) is 1. The quantitative estimate of drug-likeness (QED) is 0.429. The highest BCUT2D eigenvalue weighted by Crippen LogP contribution is 2.10. The highest BCUT2D eigenvalue weighted by atomic mass is 16.7. The fourth-order valence-corrected chi connectivity index (χ4v) is 0.971. The minimum Gasteiger partial charge on any atom is -0.481 e. The standard InChI is InChI=1S/C11H12O5/c12-7-9-1-3-10(4-2-9)16-8-15-6-5-11(13)14/h1-4,7H,5-6,8H2,(H,13,14). The predicted octanol–water partition coefficient (Wildman–Crippen LogP) is 1.33. The van der Waals surface area contributed by atoms with E-state index in [2.05, 4.69) is 0 Å². The maximum absolute atomic E-state index is 10.4. The third-order valence-corrected chi connectivity index (χ3v) is 1.79. The van der Waals surface area contributed by atoms with Crippen LogP contribution in [0, 0.1) is 0 Å². The molecule has 0 saturated heterocycles. The number of aliphatic carboxylic acids is 1. The maximum atomic E-state index is 10.4. The van der Waals surface area contributed by atoms with Gasteiger partial charge in [0.25, 0.3) is 0 Å². The van der Waals surface area contributed by atoms with Crippen LogP contribution < -0.4 is 4.74 Å². The molecule has 5 heteroatoms. The van der Waals surface area contributed by atoms with Gasteiger partial charge in [0.05, 0.1) is 13.0 Å². The Balaban J connectivity index is 2.21. The van der Waals surface area contributed by atoms with Crippen molar-refractivity contribution in [1.82, 2.24) is 0 Å². The zero-order chi connectivity index (χ0) is 11.8. The van der Waals surface area contributed by atoms with Gasteiger partial charge in [0.1, 0.15) is 12.0 Å². The molecule has 5 nitrogen and oxygen atoms in total. The molecule has 0 bridgehead atoms. The van der Waals surface area contributed by atoms with E-state index in [1.165, 1.54) is 0 Å². The van der Waals surface area contributed by atoms with E-state index in [9.17, 15) is 9.59 Å². The van der Waals surface area contributed by atoms with Crippen molar-refractivity contribution in [2.24, 2.45) is 0 Å². The number of hydrogen-bond donors (Lipinski definition) is 1. The zero-order valence-electron chi connectivity index (χ0n) is 8.59. The molecule has 0 spiro atoms. The SMILES string of the molecule is O=Cc1ccc(OCOCCC(=O)O)cc1. The van der Waals surface area contributed by atoms with E-state index in [0.29, 0.717) is 11.3 Å². The summed E-state index contributed by atoms with van der Waals surface area (Å²) in [6, 6.07) is 6.54. The molecule has 16 heavy (non-hydrogen) atoms. The van der Waals surface area contributed by atoms with Crippen LogP contribution in [0.3, 0.4) is 0 Å². The number of carboxylic acids is 1. The molecule has 1 aromatic carbocycles. The highest BCUT2D eigenvalue weighted by Gasteiger charge is 1.97. The minimum absolute atomic E-state index is 0.00623. The van der Waals surface area contributed by atoms with Gasteiger partial charge in [-0.25, -0.2) is 0 Å². The number of ether oxygens (including phenoxy) is 2. The van der Waals surface area contributed by atoms with Gasteiger partial charge >= 0.3 is 5.97 Å². The lowest BCUT2D eigenvalue weighted by molar-refractivity contribution is -0.138. The van der Waals surface area contributed by atoms with Crippen molar-refractivity contribution >= 4 is 12.3 Å². The first kappa shape index (κ1) is 12.2. The summed E-state index contributed by atoms with van der Waals surface area (Å²) in [7, 11) is 0. The summed E-state index contributed by atoms with van der Waals surface area (Å²) in [4.78, 5) is 20.5. The van der Waals surface area contributed by atoms with Crippen LogP contribution >= 0.6 is 0 Å². The van der Waals surface area contributed by atoms with Crippen molar-refractivity contribution in [2.45, 2.75) is 6.42 Å². The van der Waals surface area contributed by atoms with Crippen molar-refractivity contribution < 1.29 is 24.2 Å². The first-order chi connectivity index (χ1) is 7.72. The van der Waals surface area contributed by atoms with Gasteiger partial charge in [-0.05, 0) is 24.3 Å². The first-order valence-corrected chi connectivity index (χ1v) is 4.70. The van der Waals surface area contributed by atoms with Gasteiger partial charge in [-0.3, -0.25) is 9.59 Å². The van der Waals surface area contributed by atoms with E-state index in [-0.39, 0.29) is 19.8 Å². The van der Waals surface area contributed by atoms with Crippen molar-refractivity contribution in [2.75, 3.05) is 13.4 Å². The Morgan fingerprint density at radius 3 is 2.56 bits per heavy atom. The minimum atomic E-state index is -0.907. The molecule has 0 aliphatic rings. The molecule has 0 aromatic heterocycles. The first-order valence-electron chi connectivity index (χ1n) is 4.70. The molecule has 0 saturated carbocycles. The fraction of sp³-hybridized carbons (Fsp3) is 0.273. The molecule has 0 heterocycles. The Morgan fingerprint density at radius 2 is 2.00 bits per heavy atom. The Labute approximate surface area is 92.6 Å². The summed E-state index contributed by atoms with van der Waals surface area (Å²) in [6.45, 7) is 0.107. The van der Waals surface area contributed by atoms with E-state index in [1.54, 1.807) is 24.3 Å². The molecule has 1 rings (SSSR count). The average molecular weight is 224 g/mol. The van der Waals surface area contributed by atoms with Crippen molar-refractivity contribution in [3.8, 4) is 5.75 Å². The Hall–Kier alpha value is -1.88. The number of aldehydes is 1. The number of rotatable bonds is 7. The highest BCUT2D eigenvalue weighted by molar-refractivity contribution is 5.74. The molecule has 0 aliphatic carbocycles. The number of hydrogen-bond acceptors (Lipinski definition) is 4. The van der Waals surface area contributed by atoms with Gasteiger partial charge in [0.15, 0.2) is 6.79 Å². The molecule has 1 aromatic rings. The van der Waals surface area contributed by atoms with Crippen LogP contribution in [0.4, 0.5) is 0 Å². The third kappa shape index (κ3) is 4.56. The molecular formula is C11H12O5. The van der Waals surface area contributed by atoms with Gasteiger partial charge in [-0.1, -0.05) is 0 Å². The van der Waals surface area contributed by atoms with Gasteiger partial charge in [-0.15, -0.1) is 0 Å². The maximum Gasteiger partial charge on any atom is 0.305 e. The van der Waals surface area contributed by atoms with Crippen LogP contribution in [0.2, 0.25) is 0 Å². The lowest BCUT2D eigenvalue weighted by Gasteiger charge is -2.06. The average Bonchev–Trinajstić information content (AvgIpc) is 2.29. The van der Waals surface area contributed by atoms with Gasteiger partial charge in [0.2, 0.25) is 0 Å². The zero-order valence-corrected chi connectivity index (χ0v) is 8.59. The second-order valence-corrected chi connectivity index (χ2v) is 3.00. The monoisotopic (exact) mass is 224 g/mol. The molecule has 0 unspecified atom stereocenters. The molecule has 0 aliphatic heterocycles. The van der Waals surface area contributed by atoms with Gasteiger partial charge in [-0.2, -0.15) is 0 Å². The van der Waals surface area contributed by atoms with Gasteiger partial charge < -0.3 is 14.6 Å². The number of carbonyl (C=O) groups is 2. The molecule has 0 radical (unpaired) electrons. The Morgan fingerprint density at radius 1 is 1.31 bits per heavy atom. The van der Waals surface area contributed by atoms with Crippen molar-refractivity contribution in [3.63, 3.8) is 0 Å². The number of carbonyl (C=O) groups excluding carboxylic acids is 1. The second kappa shape index (κ2) is 6.58. The van der Waals surface area contributed by atoms with Crippen LogP contribution in [0.1, 0.15) is 16.8 Å². The fourth-order valence-electron chi connectivity index (χ4n) is 0.971. The molecular weight excluding hydrogens is 212 g/mol. The predicted molar refractivity (Wildman–Crippen MR) is 55.5 cm³/mol. The largest absolute Gasteiger partial charge is 0.481 e. The van der Waals surface area contributed by atoms with Gasteiger partial charge in [0, 0.05) is 5.56 Å². The lowest BCUT2D eigenvalue weighted by Crippen LogP contribution is -2.07. The van der Waals surface area contributed by atoms with E-state index in [1.807, 2.05) is 0 Å². The van der Waals surface area contributed by atoms with Crippen LogP contribution in [0.25, 0.3) is 0 Å². The third-order valence-electron chi connectivity index (χ3n) is 1.79. The smallest absolute Gasteiger partial charge is 0.305 e. The summed E-state index contributed by atoms with van der Waals surface area (Å²) in [6.07, 6.45) is 0.695. The Kier molecular flexibility index (Phi) is 5.01. The van der Waals surface area contributed by atoms with Crippen molar-refractivity contribution in [1.29, 1.82) is 0 Å². The van der Waals surface area contributed by atoms with E-state index in [0.717, 1.165) is 6.29 Å². The molecule has 86 valence electrons. The molecule has 1 N–H and O–H groups in total. The lowest BCUT2D eigenvalue weighted by atomic mass is 10.2. The molecule has 0 atom stereocenters. The number of benzene rings is 1. The van der Waals surface area contributed by atoms with Crippen LogP contribution in [-0.4, -0.2) is 30.8 Å². The summed E-state index contributed by atoms with van der Waals surface area (Å²) < 4.78 is 10.1.